The number of aryl methyl sites for hydroxylation is 1. The maximum absolute atomic E-state index is 13.0. The molecule has 1 unspecified atom stereocenters. The first-order valence-electron chi connectivity index (χ1n) is 5.11. The normalized spacial score (nSPS) is 12.8. The molecule has 1 aromatic rings. The van der Waals surface area contributed by atoms with Crippen molar-refractivity contribution < 1.29 is 4.39 Å². The Morgan fingerprint density at radius 3 is 2.80 bits per heavy atom. The van der Waals surface area contributed by atoms with Gasteiger partial charge in [0.1, 0.15) is 5.82 Å². The Kier molecular flexibility index (Phi) is 5.12. The van der Waals surface area contributed by atoms with Gasteiger partial charge >= 0.3 is 0 Å². The first kappa shape index (κ1) is 12.5. The number of hydrogen-bond donors (Lipinski definition) is 1. The maximum Gasteiger partial charge on any atom is 0.126 e. The van der Waals surface area contributed by atoms with Crippen molar-refractivity contribution in [2.24, 2.45) is 0 Å². The van der Waals surface area contributed by atoms with E-state index in [9.17, 15) is 4.39 Å². The molecule has 0 aliphatic carbocycles. The second-order valence-corrected chi connectivity index (χ2v) is 4.73. The zero-order chi connectivity index (χ0) is 11.3. The predicted molar refractivity (Wildman–Crippen MR) is 65.8 cm³/mol. The molecular formula is C12H18FNS. The van der Waals surface area contributed by atoms with E-state index in [2.05, 4.69) is 18.5 Å². The average Bonchev–Trinajstić information content (AvgIpc) is 2.20. The lowest BCUT2D eigenvalue weighted by Gasteiger charge is -2.12. The number of halogens is 1. The average molecular weight is 227 g/mol. The van der Waals surface area contributed by atoms with E-state index in [1.54, 1.807) is 6.92 Å². The summed E-state index contributed by atoms with van der Waals surface area (Å²) >= 11 is 1.83. The van der Waals surface area contributed by atoms with Crippen molar-refractivity contribution in [2.75, 3.05) is 12.0 Å². The summed E-state index contributed by atoms with van der Waals surface area (Å²) in [6, 6.07) is 5.76. The van der Waals surface area contributed by atoms with Crippen molar-refractivity contribution >= 4 is 11.8 Å². The highest BCUT2D eigenvalue weighted by molar-refractivity contribution is 7.98. The number of nitrogens with one attached hydrogen (secondary N) is 1. The Morgan fingerprint density at radius 1 is 1.47 bits per heavy atom. The van der Waals surface area contributed by atoms with E-state index in [0.717, 1.165) is 17.9 Å². The summed E-state index contributed by atoms with van der Waals surface area (Å²) in [5, 5.41) is 3.40. The van der Waals surface area contributed by atoms with E-state index in [1.807, 2.05) is 23.9 Å². The fourth-order valence-corrected chi connectivity index (χ4v) is 2.04. The summed E-state index contributed by atoms with van der Waals surface area (Å²) in [7, 11) is 0. The van der Waals surface area contributed by atoms with Crippen LogP contribution in [-0.4, -0.2) is 18.1 Å². The van der Waals surface area contributed by atoms with Gasteiger partial charge in [-0.3, -0.25) is 0 Å². The van der Waals surface area contributed by atoms with Crippen LogP contribution >= 0.6 is 11.8 Å². The molecule has 0 aliphatic heterocycles. The lowest BCUT2D eigenvalue weighted by atomic mass is 10.1. The van der Waals surface area contributed by atoms with Crippen LogP contribution in [0.4, 0.5) is 4.39 Å². The van der Waals surface area contributed by atoms with E-state index in [0.29, 0.717) is 11.6 Å². The summed E-state index contributed by atoms with van der Waals surface area (Å²) in [6.45, 7) is 4.76. The van der Waals surface area contributed by atoms with E-state index in [-0.39, 0.29) is 5.82 Å². The standard InChI is InChI=1S/C12H18FNS/c1-9-6-11(4-5-12(9)13)7-14-10(2)8-15-3/h4-6,10,14H,7-8H2,1-3H3. The molecule has 1 rings (SSSR count). The summed E-state index contributed by atoms with van der Waals surface area (Å²) in [6.07, 6.45) is 2.10. The van der Waals surface area contributed by atoms with Gasteiger partial charge < -0.3 is 5.32 Å². The largest absolute Gasteiger partial charge is 0.309 e. The minimum absolute atomic E-state index is 0.129. The Bertz CT molecular complexity index is 314. The monoisotopic (exact) mass is 227 g/mol. The number of benzene rings is 1. The van der Waals surface area contributed by atoms with Gasteiger partial charge in [-0.15, -0.1) is 0 Å². The van der Waals surface area contributed by atoms with Crippen molar-refractivity contribution in [3.8, 4) is 0 Å². The maximum atomic E-state index is 13.0. The molecule has 0 saturated carbocycles. The van der Waals surface area contributed by atoms with Gasteiger partial charge in [0, 0.05) is 18.3 Å². The third-order valence-corrected chi connectivity index (χ3v) is 3.13. The Morgan fingerprint density at radius 2 is 2.20 bits per heavy atom. The van der Waals surface area contributed by atoms with Crippen LogP contribution < -0.4 is 5.32 Å². The zero-order valence-electron chi connectivity index (χ0n) is 9.51. The highest BCUT2D eigenvalue weighted by Gasteiger charge is 2.02. The van der Waals surface area contributed by atoms with Gasteiger partial charge in [-0.2, -0.15) is 11.8 Å². The van der Waals surface area contributed by atoms with Crippen LogP contribution in [0.15, 0.2) is 18.2 Å². The fraction of sp³-hybridized carbons (Fsp3) is 0.500. The quantitative estimate of drug-likeness (QED) is 0.830. The van der Waals surface area contributed by atoms with Crippen LogP contribution in [0, 0.1) is 12.7 Å². The van der Waals surface area contributed by atoms with Crippen molar-refractivity contribution in [3.63, 3.8) is 0 Å². The van der Waals surface area contributed by atoms with Gasteiger partial charge in [-0.1, -0.05) is 12.1 Å². The number of thioether (sulfide) groups is 1. The van der Waals surface area contributed by atoms with Crippen LogP contribution in [0.2, 0.25) is 0 Å². The topological polar surface area (TPSA) is 12.0 Å². The van der Waals surface area contributed by atoms with Crippen molar-refractivity contribution in [2.45, 2.75) is 26.4 Å². The zero-order valence-corrected chi connectivity index (χ0v) is 10.3. The molecule has 1 N–H and O–H groups in total. The Hall–Kier alpha value is -0.540. The smallest absolute Gasteiger partial charge is 0.126 e. The van der Waals surface area contributed by atoms with Crippen LogP contribution in [0.3, 0.4) is 0 Å². The summed E-state index contributed by atoms with van der Waals surface area (Å²) in [5.41, 5.74) is 1.86. The minimum Gasteiger partial charge on any atom is -0.309 e. The summed E-state index contributed by atoms with van der Waals surface area (Å²) < 4.78 is 13.0. The molecule has 0 saturated heterocycles. The molecule has 1 nitrogen and oxygen atoms in total. The van der Waals surface area contributed by atoms with Crippen molar-refractivity contribution in [1.29, 1.82) is 0 Å². The van der Waals surface area contributed by atoms with Crippen molar-refractivity contribution in [1.82, 2.24) is 5.32 Å². The minimum atomic E-state index is -0.129. The molecule has 0 amide bonds. The molecule has 0 heterocycles. The molecule has 15 heavy (non-hydrogen) atoms. The molecule has 0 fully saturated rings. The molecule has 0 bridgehead atoms. The van der Waals surface area contributed by atoms with Gasteiger partial charge in [0.15, 0.2) is 0 Å². The second kappa shape index (κ2) is 6.13. The molecule has 0 aliphatic rings. The van der Waals surface area contributed by atoms with Gasteiger partial charge in [0.25, 0.3) is 0 Å². The predicted octanol–water partition coefficient (Wildman–Crippen LogP) is 2.98. The van der Waals surface area contributed by atoms with E-state index < -0.39 is 0 Å². The highest BCUT2D eigenvalue weighted by atomic mass is 32.2. The summed E-state index contributed by atoms with van der Waals surface area (Å²) in [4.78, 5) is 0. The summed E-state index contributed by atoms with van der Waals surface area (Å²) in [5.74, 6) is 0.969. The lowest BCUT2D eigenvalue weighted by molar-refractivity contribution is 0.591. The Labute approximate surface area is 95.5 Å². The first-order chi connectivity index (χ1) is 7.13. The molecule has 0 spiro atoms. The van der Waals surface area contributed by atoms with Gasteiger partial charge in [0.2, 0.25) is 0 Å². The van der Waals surface area contributed by atoms with Gasteiger partial charge in [-0.25, -0.2) is 4.39 Å². The van der Waals surface area contributed by atoms with E-state index in [4.69, 9.17) is 0 Å². The molecule has 3 heteroatoms. The molecule has 1 atom stereocenters. The van der Waals surface area contributed by atoms with Gasteiger partial charge in [0.05, 0.1) is 0 Å². The second-order valence-electron chi connectivity index (χ2n) is 3.82. The van der Waals surface area contributed by atoms with Crippen LogP contribution in [0.1, 0.15) is 18.1 Å². The molecule has 0 aromatic heterocycles. The van der Waals surface area contributed by atoms with Crippen LogP contribution in [-0.2, 0) is 6.54 Å². The molecule has 84 valence electrons. The molecule has 1 aromatic carbocycles. The van der Waals surface area contributed by atoms with Gasteiger partial charge in [-0.05, 0) is 37.3 Å². The van der Waals surface area contributed by atoms with E-state index in [1.165, 1.54) is 6.07 Å². The van der Waals surface area contributed by atoms with E-state index >= 15 is 0 Å². The number of hydrogen-bond acceptors (Lipinski definition) is 2. The third kappa shape index (κ3) is 4.22. The molecular weight excluding hydrogens is 209 g/mol. The SMILES string of the molecule is CSCC(C)NCc1ccc(F)c(C)c1. The third-order valence-electron chi connectivity index (χ3n) is 2.29. The first-order valence-corrected chi connectivity index (χ1v) is 6.50. The van der Waals surface area contributed by atoms with Crippen LogP contribution in [0.5, 0.6) is 0 Å². The lowest BCUT2D eigenvalue weighted by Crippen LogP contribution is -2.27. The van der Waals surface area contributed by atoms with Crippen molar-refractivity contribution in [3.05, 3.63) is 35.1 Å². The van der Waals surface area contributed by atoms with Crippen LogP contribution in [0.25, 0.3) is 0 Å². The highest BCUT2D eigenvalue weighted by Crippen LogP contribution is 2.09. The number of rotatable bonds is 5. The molecule has 0 radical (unpaired) electrons. The Balaban J connectivity index is 2.47. The fourth-order valence-electron chi connectivity index (χ4n) is 1.42.